The number of para-hydroxylation sites is 1. The fourth-order valence-corrected chi connectivity index (χ4v) is 3.25. The second-order valence-electron chi connectivity index (χ2n) is 5.47. The lowest BCUT2D eigenvalue weighted by Crippen LogP contribution is -2.32. The number of benzene rings is 2. The predicted molar refractivity (Wildman–Crippen MR) is 90.0 cm³/mol. The summed E-state index contributed by atoms with van der Waals surface area (Å²) in [5.74, 6) is 0. The second-order valence-corrected chi connectivity index (χ2v) is 5.91. The fraction of sp³-hybridized carbons (Fsp3) is 0.333. The number of halogens is 1. The normalized spacial score (nSPS) is 16.2. The molecule has 2 aromatic carbocycles. The summed E-state index contributed by atoms with van der Waals surface area (Å²) in [4.78, 5) is 2.53. The van der Waals surface area contributed by atoms with Gasteiger partial charge in [-0.25, -0.2) is 0 Å². The molecule has 3 heteroatoms. The summed E-state index contributed by atoms with van der Waals surface area (Å²) in [5.41, 5.74) is 4.06. The van der Waals surface area contributed by atoms with E-state index in [0.717, 1.165) is 31.1 Å². The van der Waals surface area contributed by atoms with Crippen molar-refractivity contribution in [2.45, 2.75) is 25.9 Å². The van der Waals surface area contributed by atoms with Gasteiger partial charge in [-0.05, 0) is 35.7 Å². The van der Waals surface area contributed by atoms with Crippen molar-refractivity contribution in [2.24, 2.45) is 0 Å². The molecule has 2 nitrogen and oxygen atoms in total. The largest absolute Gasteiger partial charge is 0.363 e. The van der Waals surface area contributed by atoms with Crippen LogP contribution in [-0.4, -0.2) is 13.1 Å². The van der Waals surface area contributed by atoms with E-state index in [1.165, 1.54) is 16.8 Å². The van der Waals surface area contributed by atoms with E-state index in [2.05, 4.69) is 53.5 Å². The molecule has 1 aliphatic heterocycles. The van der Waals surface area contributed by atoms with Crippen LogP contribution in [0.15, 0.2) is 48.5 Å². The van der Waals surface area contributed by atoms with Crippen LogP contribution in [0.4, 0.5) is 5.69 Å². The Morgan fingerprint density at radius 3 is 2.67 bits per heavy atom. The highest BCUT2D eigenvalue weighted by atomic mass is 35.5. The Labute approximate surface area is 131 Å². The van der Waals surface area contributed by atoms with Crippen molar-refractivity contribution < 1.29 is 0 Å². The highest BCUT2D eigenvalue weighted by Gasteiger charge is 2.22. The minimum absolute atomic E-state index is 0.392. The molecule has 0 radical (unpaired) electrons. The Balaban J connectivity index is 1.98. The van der Waals surface area contributed by atoms with Gasteiger partial charge in [0.05, 0.1) is 6.04 Å². The molecular formula is C18H21ClN2. The maximum absolute atomic E-state index is 6.03. The summed E-state index contributed by atoms with van der Waals surface area (Å²) in [6.07, 6.45) is 1.08. The first-order chi connectivity index (χ1) is 10.3. The summed E-state index contributed by atoms with van der Waals surface area (Å²) in [6.45, 7) is 5.24. The molecule has 0 saturated heterocycles. The maximum atomic E-state index is 6.03. The Kier molecular flexibility index (Phi) is 4.47. The highest BCUT2D eigenvalue weighted by molar-refractivity contribution is 6.30. The molecule has 0 saturated carbocycles. The predicted octanol–water partition coefficient (Wildman–Crippen LogP) is 4.40. The van der Waals surface area contributed by atoms with Crippen LogP contribution in [-0.2, 0) is 6.54 Å². The van der Waals surface area contributed by atoms with Gasteiger partial charge in [0.25, 0.3) is 0 Å². The molecule has 3 rings (SSSR count). The zero-order valence-electron chi connectivity index (χ0n) is 12.3. The van der Waals surface area contributed by atoms with Gasteiger partial charge < -0.3 is 10.2 Å². The van der Waals surface area contributed by atoms with Crippen molar-refractivity contribution in [1.82, 2.24) is 5.32 Å². The topological polar surface area (TPSA) is 15.3 Å². The minimum atomic E-state index is 0.392. The van der Waals surface area contributed by atoms with Crippen molar-refractivity contribution in [2.75, 3.05) is 18.0 Å². The molecular weight excluding hydrogens is 280 g/mol. The average Bonchev–Trinajstić information content (AvgIpc) is 2.73. The Hall–Kier alpha value is -1.51. The number of hydrogen-bond donors (Lipinski definition) is 1. The summed E-state index contributed by atoms with van der Waals surface area (Å²) in [6, 6.07) is 17.4. The van der Waals surface area contributed by atoms with Crippen LogP contribution < -0.4 is 10.2 Å². The Bertz CT molecular complexity index is 594. The summed E-state index contributed by atoms with van der Waals surface area (Å²) in [7, 11) is 0. The van der Waals surface area contributed by atoms with Crippen molar-refractivity contribution in [3.8, 4) is 0 Å². The van der Waals surface area contributed by atoms with E-state index < -0.39 is 0 Å². The minimum Gasteiger partial charge on any atom is -0.363 e. The molecule has 0 amide bonds. The number of anilines is 1. The van der Waals surface area contributed by atoms with Gasteiger partial charge in [0, 0.05) is 30.3 Å². The van der Waals surface area contributed by atoms with Crippen molar-refractivity contribution in [3.05, 3.63) is 64.7 Å². The van der Waals surface area contributed by atoms with Crippen molar-refractivity contribution in [3.63, 3.8) is 0 Å². The molecule has 0 fully saturated rings. The van der Waals surface area contributed by atoms with Crippen LogP contribution in [0.5, 0.6) is 0 Å². The molecule has 21 heavy (non-hydrogen) atoms. The van der Waals surface area contributed by atoms with Crippen LogP contribution >= 0.6 is 11.6 Å². The first kappa shape index (κ1) is 14.4. The van der Waals surface area contributed by atoms with Gasteiger partial charge in [0.1, 0.15) is 0 Å². The smallest absolute Gasteiger partial charge is 0.0540 e. The first-order valence-corrected chi connectivity index (χ1v) is 7.98. The lowest BCUT2D eigenvalue weighted by atomic mass is 10.0. The van der Waals surface area contributed by atoms with Gasteiger partial charge in [-0.2, -0.15) is 0 Å². The molecule has 1 atom stereocenters. The number of nitrogens with one attached hydrogen (secondary N) is 1. The monoisotopic (exact) mass is 300 g/mol. The molecule has 1 N–H and O–H groups in total. The van der Waals surface area contributed by atoms with Gasteiger partial charge in [-0.15, -0.1) is 0 Å². The van der Waals surface area contributed by atoms with Crippen LogP contribution in [0.3, 0.4) is 0 Å². The summed E-state index contributed by atoms with van der Waals surface area (Å²) >= 11 is 6.03. The van der Waals surface area contributed by atoms with Crippen LogP contribution in [0.2, 0.25) is 5.02 Å². The summed E-state index contributed by atoms with van der Waals surface area (Å²) in [5, 5.41) is 4.31. The second kappa shape index (κ2) is 6.50. The molecule has 1 heterocycles. The first-order valence-electron chi connectivity index (χ1n) is 7.60. The maximum Gasteiger partial charge on any atom is 0.0540 e. The van der Waals surface area contributed by atoms with Crippen LogP contribution in [0, 0.1) is 0 Å². The van der Waals surface area contributed by atoms with E-state index in [1.54, 1.807) is 0 Å². The molecule has 1 aliphatic rings. The molecule has 0 aromatic heterocycles. The molecule has 0 spiro atoms. The number of nitrogens with zero attached hydrogens (tertiary/aromatic N) is 1. The van der Waals surface area contributed by atoms with E-state index in [9.17, 15) is 0 Å². The third kappa shape index (κ3) is 3.07. The molecule has 110 valence electrons. The molecule has 2 aromatic rings. The average molecular weight is 301 g/mol. The van der Waals surface area contributed by atoms with E-state index in [4.69, 9.17) is 11.6 Å². The molecule has 1 unspecified atom stereocenters. The van der Waals surface area contributed by atoms with E-state index in [1.807, 2.05) is 12.1 Å². The standard InChI is InChI=1S/C18H21ClN2/c1-2-17(14-7-9-16(19)10-8-14)21-12-11-20-13-15-5-3-4-6-18(15)21/h3-10,17,20H,2,11-13H2,1H3. The number of fused-ring (bicyclic) bond motifs is 1. The van der Waals surface area contributed by atoms with Crippen molar-refractivity contribution >= 4 is 17.3 Å². The van der Waals surface area contributed by atoms with Crippen molar-refractivity contribution in [1.29, 1.82) is 0 Å². The number of rotatable bonds is 3. The third-order valence-corrected chi connectivity index (χ3v) is 4.42. The molecule has 0 bridgehead atoms. The van der Waals surface area contributed by atoms with E-state index >= 15 is 0 Å². The lowest BCUT2D eigenvalue weighted by molar-refractivity contribution is 0.590. The van der Waals surface area contributed by atoms with E-state index in [0.29, 0.717) is 6.04 Å². The van der Waals surface area contributed by atoms with Gasteiger partial charge >= 0.3 is 0 Å². The third-order valence-electron chi connectivity index (χ3n) is 4.16. The Morgan fingerprint density at radius 1 is 1.14 bits per heavy atom. The SMILES string of the molecule is CCC(c1ccc(Cl)cc1)N1CCNCc2ccccc21. The van der Waals surface area contributed by atoms with E-state index in [-0.39, 0.29) is 0 Å². The van der Waals surface area contributed by atoms with Crippen LogP contribution in [0.1, 0.15) is 30.5 Å². The fourth-order valence-electron chi connectivity index (χ4n) is 3.13. The van der Waals surface area contributed by atoms with Crippen LogP contribution in [0.25, 0.3) is 0 Å². The highest BCUT2D eigenvalue weighted by Crippen LogP contribution is 2.33. The molecule has 0 aliphatic carbocycles. The van der Waals surface area contributed by atoms with Gasteiger partial charge in [-0.1, -0.05) is 48.9 Å². The lowest BCUT2D eigenvalue weighted by Gasteiger charge is -2.33. The van der Waals surface area contributed by atoms with Gasteiger partial charge in [0.2, 0.25) is 0 Å². The summed E-state index contributed by atoms with van der Waals surface area (Å²) < 4.78 is 0. The number of hydrogen-bond acceptors (Lipinski definition) is 2. The Morgan fingerprint density at radius 2 is 1.90 bits per heavy atom. The zero-order valence-corrected chi connectivity index (χ0v) is 13.1. The zero-order chi connectivity index (χ0) is 14.7. The quantitative estimate of drug-likeness (QED) is 0.904. The van der Waals surface area contributed by atoms with Gasteiger partial charge in [-0.3, -0.25) is 0 Å². The van der Waals surface area contributed by atoms with Gasteiger partial charge in [0.15, 0.2) is 0 Å².